The summed E-state index contributed by atoms with van der Waals surface area (Å²) < 4.78 is 10.8. The molecule has 0 saturated carbocycles. The van der Waals surface area contributed by atoms with Crippen LogP contribution in [0.1, 0.15) is 11.3 Å². The number of hydrogen-bond donors (Lipinski definition) is 1. The highest BCUT2D eigenvalue weighted by Crippen LogP contribution is 2.20. The van der Waals surface area contributed by atoms with Gasteiger partial charge in [-0.3, -0.25) is 4.98 Å². The van der Waals surface area contributed by atoms with E-state index in [0.717, 1.165) is 17.0 Å². The van der Waals surface area contributed by atoms with Crippen LogP contribution in [0.3, 0.4) is 0 Å². The maximum Gasteiger partial charge on any atom is 0.238 e. The number of aromatic nitrogens is 2. The molecule has 0 atom stereocenters. The molecular formula is C14H17N3O2. The molecule has 0 saturated heterocycles. The van der Waals surface area contributed by atoms with E-state index >= 15 is 0 Å². The van der Waals surface area contributed by atoms with Gasteiger partial charge >= 0.3 is 0 Å². The number of nitrogens with one attached hydrogen (secondary N) is 1. The molecule has 1 aromatic heterocycles. The Kier molecular flexibility index (Phi) is 4.83. The van der Waals surface area contributed by atoms with Gasteiger partial charge in [0.25, 0.3) is 0 Å². The van der Waals surface area contributed by atoms with Gasteiger partial charge < -0.3 is 14.8 Å². The van der Waals surface area contributed by atoms with Gasteiger partial charge in [-0.2, -0.15) is 0 Å². The molecule has 19 heavy (non-hydrogen) atoms. The van der Waals surface area contributed by atoms with Gasteiger partial charge in [-0.25, -0.2) is 4.98 Å². The van der Waals surface area contributed by atoms with Crippen LogP contribution >= 0.6 is 0 Å². The molecule has 2 rings (SSSR count). The van der Waals surface area contributed by atoms with Crippen LogP contribution in [0.15, 0.2) is 36.7 Å². The second-order valence-corrected chi connectivity index (χ2v) is 4.06. The third-order valence-corrected chi connectivity index (χ3v) is 2.45. The smallest absolute Gasteiger partial charge is 0.238 e. The van der Waals surface area contributed by atoms with E-state index in [1.165, 1.54) is 0 Å². The van der Waals surface area contributed by atoms with Crippen LogP contribution in [0, 0.1) is 0 Å². The molecule has 0 aliphatic rings. The number of hydrogen-bond acceptors (Lipinski definition) is 5. The zero-order chi connectivity index (χ0) is 13.5. The first kappa shape index (κ1) is 13.5. The lowest BCUT2D eigenvalue weighted by atomic mass is 10.2. The van der Waals surface area contributed by atoms with Crippen LogP contribution in [0.2, 0.25) is 0 Å². The summed E-state index contributed by atoms with van der Waals surface area (Å²) in [6, 6.07) is 7.72. The molecule has 0 bridgehead atoms. The average Bonchev–Trinajstić information content (AvgIpc) is 2.40. The van der Waals surface area contributed by atoms with E-state index in [2.05, 4.69) is 15.3 Å². The number of nitrogens with zero attached hydrogens (tertiary/aromatic N) is 2. The van der Waals surface area contributed by atoms with Crippen molar-refractivity contribution in [2.75, 3.05) is 14.2 Å². The first-order valence-corrected chi connectivity index (χ1v) is 6.03. The molecular weight excluding hydrogens is 242 g/mol. The van der Waals surface area contributed by atoms with Crippen LogP contribution in [0.5, 0.6) is 11.6 Å². The predicted molar refractivity (Wildman–Crippen MR) is 72.0 cm³/mol. The van der Waals surface area contributed by atoms with Crippen molar-refractivity contribution in [3.8, 4) is 11.6 Å². The van der Waals surface area contributed by atoms with Gasteiger partial charge in [-0.15, -0.1) is 0 Å². The van der Waals surface area contributed by atoms with E-state index in [1.54, 1.807) is 19.5 Å². The zero-order valence-electron chi connectivity index (χ0n) is 11.1. The fraction of sp³-hybridized carbons (Fsp3) is 0.286. The molecule has 2 aromatic rings. The van der Waals surface area contributed by atoms with E-state index < -0.39 is 0 Å². The summed E-state index contributed by atoms with van der Waals surface area (Å²) in [5.74, 6) is 1.22. The van der Waals surface area contributed by atoms with Crippen molar-refractivity contribution < 1.29 is 9.47 Å². The van der Waals surface area contributed by atoms with E-state index in [4.69, 9.17) is 9.47 Å². The molecule has 0 radical (unpaired) electrons. The van der Waals surface area contributed by atoms with Gasteiger partial charge in [0.15, 0.2) is 0 Å². The van der Waals surface area contributed by atoms with E-state index in [1.807, 2.05) is 31.3 Å². The second-order valence-electron chi connectivity index (χ2n) is 4.06. The van der Waals surface area contributed by atoms with Gasteiger partial charge in [0.1, 0.15) is 5.75 Å². The average molecular weight is 259 g/mol. The Morgan fingerprint density at radius 2 is 2.16 bits per heavy atom. The van der Waals surface area contributed by atoms with Crippen molar-refractivity contribution >= 4 is 0 Å². The van der Waals surface area contributed by atoms with E-state index in [9.17, 15) is 0 Å². The predicted octanol–water partition coefficient (Wildman–Crippen LogP) is 2.13. The van der Waals surface area contributed by atoms with Crippen molar-refractivity contribution in [1.82, 2.24) is 15.3 Å². The van der Waals surface area contributed by atoms with Crippen LogP contribution < -0.4 is 10.1 Å². The van der Waals surface area contributed by atoms with E-state index in [-0.39, 0.29) is 0 Å². The first-order valence-electron chi connectivity index (χ1n) is 6.03. The molecule has 100 valence electrons. The Morgan fingerprint density at radius 1 is 1.26 bits per heavy atom. The molecule has 0 spiro atoms. The van der Waals surface area contributed by atoms with Crippen molar-refractivity contribution in [3.05, 3.63) is 47.9 Å². The SMILES string of the molecule is CNCc1cncc(Oc2cccc(COC)c2)n1. The molecule has 1 heterocycles. The molecule has 1 aromatic carbocycles. The Bertz CT molecular complexity index is 484. The number of methoxy groups -OCH3 is 1. The Balaban J connectivity index is 2.11. The molecule has 0 aliphatic heterocycles. The van der Waals surface area contributed by atoms with Crippen molar-refractivity contribution in [3.63, 3.8) is 0 Å². The summed E-state index contributed by atoms with van der Waals surface area (Å²) >= 11 is 0. The largest absolute Gasteiger partial charge is 0.437 e. The molecule has 1 N–H and O–H groups in total. The zero-order valence-corrected chi connectivity index (χ0v) is 11.1. The highest BCUT2D eigenvalue weighted by Gasteiger charge is 2.02. The van der Waals surface area contributed by atoms with Gasteiger partial charge in [-0.1, -0.05) is 12.1 Å². The van der Waals surface area contributed by atoms with Crippen molar-refractivity contribution in [2.24, 2.45) is 0 Å². The van der Waals surface area contributed by atoms with E-state index in [0.29, 0.717) is 19.0 Å². The number of rotatable bonds is 6. The van der Waals surface area contributed by atoms with Gasteiger partial charge in [0.2, 0.25) is 5.88 Å². The summed E-state index contributed by atoms with van der Waals surface area (Å²) in [6.07, 6.45) is 3.31. The lowest BCUT2D eigenvalue weighted by Crippen LogP contribution is -2.07. The lowest BCUT2D eigenvalue weighted by molar-refractivity contribution is 0.184. The summed E-state index contributed by atoms with van der Waals surface area (Å²) in [7, 11) is 3.53. The fourth-order valence-corrected chi connectivity index (χ4v) is 1.69. The Labute approximate surface area is 112 Å². The maximum atomic E-state index is 5.70. The summed E-state index contributed by atoms with van der Waals surface area (Å²) in [4.78, 5) is 8.46. The van der Waals surface area contributed by atoms with Crippen LogP contribution in [-0.4, -0.2) is 24.1 Å². The summed E-state index contributed by atoms with van der Waals surface area (Å²) in [5.41, 5.74) is 1.90. The Morgan fingerprint density at radius 3 is 2.95 bits per heavy atom. The first-order chi connectivity index (χ1) is 9.31. The fourth-order valence-electron chi connectivity index (χ4n) is 1.69. The topological polar surface area (TPSA) is 56.3 Å². The lowest BCUT2D eigenvalue weighted by Gasteiger charge is -2.07. The van der Waals surface area contributed by atoms with Crippen molar-refractivity contribution in [1.29, 1.82) is 0 Å². The summed E-state index contributed by atoms with van der Waals surface area (Å²) in [5, 5.41) is 3.03. The number of benzene rings is 1. The minimum atomic E-state index is 0.488. The normalized spacial score (nSPS) is 10.4. The van der Waals surface area contributed by atoms with Gasteiger partial charge in [0.05, 0.1) is 18.5 Å². The van der Waals surface area contributed by atoms with Crippen LogP contribution in [0.4, 0.5) is 0 Å². The van der Waals surface area contributed by atoms with Gasteiger partial charge in [-0.05, 0) is 24.7 Å². The Hall–Kier alpha value is -1.98. The van der Waals surface area contributed by atoms with Gasteiger partial charge in [0, 0.05) is 19.9 Å². The maximum absolute atomic E-state index is 5.70. The molecule has 0 aliphatic carbocycles. The highest BCUT2D eigenvalue weighted by molar-refractivity contribution is 5.30. The highest BCUT2D eigenvalue weighted by atomic mass is 16.5. The summed E-state index contributed by atoms with van der Waals surface area (Å²) in [6.45, 7) is 1.22. The number of ether oxygens (including phenoxy) is 2. The standard InChI is InChI=1S/C14H17N3O2/c1-15-7-12-8-16-9-14(17-12)19-13-5-3-4-11(6-13)10-18-2/h3-6,8-9,15H,7,10H2,1-2H3. The van der Waals surface area contributed by atoms with Crippen LogP contribution in [0.25, 0.3) is 0 Å². The molecule has 0 fully saturated rings. The monoisotopic (exact) mass is 259 g/mol. The minimum absolute atomic E-state index is 0.488. The molecule has 0 amide bonds. The molecule has 5 nitrogen and oxygen atoms in total. The minimum Gasteiger partial charge on any atom is -0.437 e. The van der Waals surface area contributed by atoms with Crippen molar-refractivity contribution in [2.45, 2.75) is 13.2 Å². The second kappa shape index (κ2) is 6.82. The third kappa shape index (κ3) is 4.01. The van der Waals surface area contributed by atoms with Crippen LogP contribution in [-0.2, 0) is 17.9 Å². The molecule has 5 heteroatoms. The third-order valence-electron chi connectivity index (χ3n) is 2.45. The quantitative estimate of drug-likeness (QED) is 0.861. The molecule has 0 unspecified atom stereocenters.